The van der Waals surface area contributed by atoms with Crippen molar-refractivity contribution in [2.75, 3.05) is 12.5 Å². The number of ether oxygens (including phenoxy) is 1. The fraction of sp³-hybridized carbons (Fsp3) is 0.0833. The van der Waals surface area contributed by atoms with Crippen molar-refractivity contribution in [3.05, 3.63) is 46.8 Å². The normalized spacial score (nSPS) is 10.8. The van der Waals surface area contributed by atoms with Crippen LogP contribution in [0.5, 0.6) is 6.01 Å². The highest BCUT2D eigenvalue weighted by Crippen LogP contribution is 2.21. The van der Waals surface area contributed by atoms with Crippen LogP contribution in [0.4, 0.5) is 24.8 Å². The summed E-state index contributed by atoms with van der Waals surface area (Å²) in [5, 5.41) is 3.68. The van der Waals surface area contributed by atoms with Crippen LogP contribution in [0, 0.1) is 22.4 Å². The minimum Gasteiger partial charge on any atom is -0.466 e. The van der Waals surface area contributed by atoms with Gasteiger partial charge in [0, 0.05) is 5.10 Å². The summed E-state index contributed by atoms with van der Waals surface area (Å²) in [5.41, 5.74) is 0.900. The van der Waals surface area contributed by atoms with E-state index < -0.39 is 29.1 Å². The van der Waals surface area contributed by atoms with Gasteiger partial charge in [0.1, 0.15) is 5.69 Å². The van der Waals surface area contributed by atoms with Gasteiger partial charge in [-0.2, -0.15) is 9.37 Å². The number of para-hydroxylation sites is 1. The molecule has 3 rings (SSSR count). The Hall–Kier alpha value is -3.24. The number of halogens is 3. The van der Waals surface area contributed by atoms with Gasteiger partial charge in [0.25, 0.3) is 5.65 Å². The first kappa shape index (κ1) is 14.7. The molecule has 0 aliphatic rings. The van der Waals surface area contributed by atoms with Crippen LogP contribution < -0.4 is 10.2 Å². The van der Waals surface area contributed by atoms with Gasteiger partial charge in [-0.1, -0.05) is 15.5 Å². The SMILES string of the molecule is COc1ncc(F)c2nc([N+](=O)Nc3c(F)cccc3F)nn12. The standard InChI is InChI=1S/C12H8F3N6O2/c1-23-12-16-5-8(15)10-17-11(19-20(10)12)21(22)18-9-6(13)3-2-4-7(9)14/h2-5H,1H3,(H,18,22)/q+1. The minimum atomic E-state index is -0.986. The Bertz CT molecular complexity index is 893. The lowest BCUT2D eigenvalue weighted by Crippen LogP contribution is -2.14. The Morgan fingerprint density at radius 1 is 1.22 bits per heavy atom. The Morgan fingerprint density at radius 3 is 2.57 bits per heavy atom. The zero-order chi connectivity index (χ0) is 16.6. The zero-order valence-electron chi connectivity index (χ0n) is 11.5. The van der Waals surface area contributed by atoms with E-state index in [0.717, 1.165) is 28.9 Å². The maximum absolute atomic E-state index is 13.6. The molecular formula is C12H8F3N6O2+. The summed E-state index contributed by atoms with van der Waals surface area (Å²) in [6.07, 6.45) is 0.839. The molecule has 11 heteroatoms. The summed E-state index contributed by atoms with van der Waals surface area (Å²) >= 11 is 0. The van der Waals surface area contributed by atoms with Crippen molar-refractivity contribution in [3.8, 4) is 6.01 Å². The van der Waals surface area contributed by atoms with E-state index in [-0.39, 0.29) is 16.5 Å². The second-order valence-corrected chi connectivity index (χ2v) is 4.24. The molecule has 2 heterocycles. The van der Waals surface area contributed by atoms with E-state index >= 15 is 0 Å². The van der Waals surface area contributed by atoms with Crippen molar-refractivity contribution in [1.29, 1.82) is 0 Å². The van der Waals surface area contributed by atoms with Crippen LogP contribution in [-0.2, 0) is 0 Å². The minimum absolute atomic E-state index is 0.104. The molecule has 2 aromatic heterocycles. The monoisotopic (exact) mass is 325 g/mol. The Labute approximate surface area is 126 Å². The van der Waals surface area contributed by atoms with E-state index in [2.05, 4.69) is 15.1 Å². The van der Waals surface area contributed by atoms with E-state index in [1.54, 1.807) is 0 Å². The average Bonchev–Trinajstić information content (AvgIpc) is 2.98. The van der Waals surface area contributed by atoms with Gasteiger partial charge in [-0.15, -0.1) is 0 Å². The molecule has 0 amide bonds. The van der Waals surface area contributed by atoms with Crippen LogP contribution in [-0.4, -0.2) is 31.6 Å². The molecule has 0 fully saturated rings. The lowest BCUT2D eigenvalue weighted by molar-refractivity contribution is -0.436. The molecule has 0 bridgehead atoms. The molecular weight excluding hydrogens is 317 g/mol. The van der Waals surface area contributed by atoms with Gasteiger partial charge < -0.3 is 4.74 Å². The van der Waals surface area contributed by atoms with Gasteiger partial charge in [-0.05, 0) is 17.1 Å². The van der Waals surface area contributed by atoms with Crippen molar-refractivity contribution in [3.63, 3.8) is 0 Å². The number of hydrogen-bond acceptors (Lipinski definition) is 5. The summed E-state index contributed by atoms with van der Waals surface area (Å²) in [6.45, 7) is 0. The third-order valence-corrected chi connectivity index (χ3v) is 2.82. The van der Waals surface area contributed by atoms with Crippen LogP contribution >= 0.6 is 0 Å². The van der Waals surface area contributed by atoms with Crippen LogP contribution in [0.1, 0.15) is 0 Å². The third kappa shape index (κ3) is 2.52. The van der Waals surface area contributed by atoms with Crippen LogP contribution in [0.2, 0.25) is 0 Å². The summed E-state index contributed by atoms with van der Waals surface area (Å²) in [6, 6.07) is 2.94. The van der Waals surface area contributed by atoms with E-state index in [9.17, 15) is 18.1 Å². The van der Waals surface area contributed by atoms with Gasteiger partial charge in [0.05, 0.1) is 18.2 Å². The fourth-order valence-electron chi connectivity index (χ4n) is 1.79. The predicted octanol–water partition coefficient (Wildman–Crippen LogP) is 1.99. The first-order valence-corrected chi connectivity index (χ1v) is 6.14. The number of nitroso groups, excluding NO2 is 1. The molecule has 0 aliphatic heterocycles. The molecule has 118 valence electrons. The summed E-state index contributed by atoms with van der Waals surface area (Å²) in [4.78, 5) is 19.1. The van der Waals surface area contributed by atoms with E-state index in [1.165, 1.54) is 7.11 Å². The number of nitrogens with one attached hydrogen (secondary N) is 1. The number of fused-ring (bicyclic) bond motifs is 1. The topological polar surface area (TPSA) is 84.4 Å². The summed E-state index contributed by atoms with van der Waals surface area (Å²) < 4.78 is 46.3. The highest BCUT2D eigenvalue weighted by molar-refractivity contribution is 5.45. The molecule has 0 saturated heterocycles. The van der Waals surface area contributed by atoms with Gasteiger partial charge in [-0.3, -0.25) is 0 Å². The molecule has 1 N–H and O–H groups in total. The predicted molar refractivity (Wildman–Crippen MR) is 70.6 cm³/mol. The molecule has 0 saturated carbocycles. The second-order valence-electron chi connectivity index (χ2n) is 4.24. The molecule has 3 aromatic rings. The molecule has 23 heavy (non-hydrogen) atoms. The Balaban J connectivity index is 2.00. The number of nitrogens with zero attached hydrogens (tertiary/aromatic N) is 5. The maximum Gasteiger partial charge on any atom is 0.516 e. The molecule has 8 nitrogen and oxygen atoms in total. The highest BCUT2D eigenvalue weighted by atomic mass is 19.1. The smallest absolute Gasteiger partial charge is 0.466 e. The van der Waals surface area contributed by atoms with Crippen molar-refractivity contribution in [2.24, 2.45) is 0 Å². The molecule has 0 radical (unpaired) electrons. The quantitative estimate of drug-likeness (QED) is 0.583. The average molecular weight is 325 g/mol. The van der Waals surface area contributed by atoms with Crippen molar-refractivity contribution >= 4 is 17.3 Å². The number of hydrazine groups is 1. The second kappa shape index (κ2) is 5.51. The van der Waals surface area contributed by atoms with Gasteiger partial charge in [0.2, 0.25) is 5.82 Å². The van der Waals surface area contributed by atoms with E-state index in [0.29, 0.717) is 0 Å². The number of benzene rings is 1. The van der Waals surface area contributed by atoms with Crippen LogP contribution in [0.15, 0.2) is 24.4 Å². The first-order valence-electron chi connectivity index (χ1n) is 6.14. The van der Waals surface area contributed by atoms with Crippen molar-refractivity contribution < 1.29 is 22.8 Å². The van der Waals surface area contributed by atoms with E-state index in [4.69, 9.17) is 4.74 Å². The summed E-state index contributed by atoms with van der Waals surface area (Å²) in [7, 11) is 1.27. The molecule has 1 aromatic carbocycles. The molecule has 0 unspecified atom stereocenters. The van der Waals surface area contributed by atoms with Crippen molar-refractivity contribution in [2.45, 2.75) is 0 Å². The third-order valence-electron chi connectivity index (χ3n) is 2.82. The van der Waals surface area contributed by atoms with Gasteiger partial charge >= 0.3 is 12.0 Å². The molecule has 0 atom stereocenters. The first-order chi connectivity index (χ1) is 11.0. The number of rotatable bonds is 4. The number of aromatic nitrogens is 4. The van der Waals surface area contributed by atoms with Gasteiger partial charge in [-0.25, -0.2) is 14.2 Å². The summed E-state index contributed by atoms with van der Waals surface area (Å²) in [5.74, 6) is -3.41. The lowest BCUT2D eigenvalue weighted by Gasteiger charge is -2.02. The lowest BCUT2D eigenvalue weighted by atomic mass is 10.3. The highest BCUT2D eigenvalue weighted by Gasteiger charge is 2.27. The zero-order valence-corrected chi connectivity index (χ0v) is 11.5. The Kier molecular flexibility index (Phi) is 3.52. The van der Waals surface area contributed by atoms with Crippen LogP contribution in [0.3, 0.4) is 0 Å². The maximum atomic E-state index is 13.6. The van der Waals surface area contributed by atoms with Crippen LogP contribution in [0.25, 0.3) is 5.65 Å². The Morgan fingerprint density at radius 2 is 1.91 bits per heavy atom. The number of methoxy groups -OCH3 is 1. The largest absolute Gasteiger partial charge is 0.516 e. The fourth-order valence-corrected chi connectivity index (χ4v) is 1.79. The molecule has 0 spiro atoms. The molecule has 0 aliphatic carbocycles. The number of anilines is 1. The van der Waals surface area contributed by atoms with Gasteiger partial charge in [0.15, 0.2) is 11.6 Å². The van der Waals surface area contributed by atoms with E-state index in [1.807, 2.05) is 5.43 Å². The van der Waals surface area contributed by atoms with Crippen molar-refractivity contribution in [1.82, 2.24) is 19.6 Å². The number of hydrogen-bond donors (Lipinski definition) is 1.